The van der Waals surface area contributed by atoms with Crippen molar-refractivity contribution in [1.29, 1.82) is 0 Å². The molecule has 2 heteroatoms. The van der Waals surface area contributed by atoms with Crippen molar-refractivity contribution in [2.45, 2.75) is 38.1 Å². The predicted octanol–water partition coefficient (Wildman–Crippen LogP) is 3.46. The second kappa shape index (κ2) is 4.95. The van der Waals surface area contributed by atoms with Crippen LogP contribution in [-0.4, -0.2) is 7.05 Å². The number of thiophene rings is 1. The van der Waals surface area contributed by atoms with Gasteiger partial charge in [0.15, 0.2) is 0 Å². The van der Waals surface area contributed by atoms with Gasteiger partial charge in [-0.2, -0.15) is 0 Å². The first-order valence-electron chi connectivity index (χ1n) is 5.76. The van der Waals surface area contributed by atoms with Crippen LogP contribution in [0.25, 0.3) is 0 Å². The molecule has 1 aromatic heterocycles. The van der Waals surface area contributed by atoms with E-state index in [0.29, 0.717) is 6.04 Å². The monoisotopic (exact) mass is 221 g/mol. The fourth-order valence-corrected chi connectivity index (χ4v) is 3.59. The van der Waals surface area contributed by atoms with Crippen molar-refractivity contribution in [1.82, 2.24) is 5.32 Å². The number of likely N-dealkylation sites (N-methyl/N-ethyl adjacent to an activating group) is 1. The lowest BCUT2D eigenvalue weighted by atomic mass is 10.1. The minimum absolute atomic E-state index is 0.335. The van der Waals surface area contributed by atoms with E-state index in [-0.39, 0.29) is 0 Å². The van der Waals surface area contributed by atoms with E-state index in [0.717, 1.165) is 0 Å². The lowest BCUT2D eigenvalue weighted by molar-refractivity contribution is 0.708. The summed E-state index contributed by atoms with van der Waals surface area (Å²) in [6.07, 6.45) is 8.68. The van der Waals surface area contributed by atoms with Gasteiger partial charge in [0.25, 0.3) is 0 Å². The average Bonchev–Trinajstić information content (AvgIpc) is 2.52. The van der Waals surface area contributed by atoms with Crippen LogP contribution in [0.5, 0.6) is 0 Å². The van der Waals surface area contributed by atoms with Gasteiger partial charge in [-0.1, -0.05) is 12.5 Å². The van der Waals surface area contributed by atoms with Gasteiger partial charge in [-0.3, -0.25) is 0 Å². The Morgan fingerprint density at radius 2 is 2.20 bits per heavy atom. The summed E-state index contributed by atoms with van der Waals surface area (Å²) < 4.78 is 0. The summed E-state index contributed by atoms with van der Waals surface area (Å²) in [5.74, 6) is 0. The molecule has 1 unspecified atom stereocenters. The van der Waals surface area contributed by atoms with Crippen molar-refractivity contribution in [3.05, 3.63) is 34.0 Å². The maximum absolute atomic E-state index is 3.88. The maximum Gasteiger partial charge on any atom is 0.0595 e. The highest BCUT2D eigenvalue weighted by Gasteiger charge is 2.15. The molecule has 0 radical (unpaired) electrons. The van der Waals surface area contributed by atoms with Crippen molar-refractivity contribution < 1.29 is 0 Å². The van der Waals surface area contributed by atoms with E-state index >= 15 is 0 Å². The van der Waals surface area contributed by atoms with E-state index in [2.05, 4.69) is 18.0 Å². The predicted molar refractivity (Wildman–Crippen MR) is 67.6 cm³/mol. The summed E-state index contributed by atoms with van der Waals surface area (Å²) in [5.41, 5.74) is 1.59. The Morgan fingerprint density at radius 1 is 1.40 bits per heavy atom. The first-order chi connectivity index (χ1) is 7.35. The van der Waals surface area contributed by atoms with Crippen LogP contribution in [0.4, 0.5) is 0 Å². The Morgan fingerprint density at radius 3 is 2.93 bits per heavy atom. The van der Waals surface area contributed by atoms with Crippen molar-refractivity contribution in [2.75, 3.05) is 7.05 Å². The zero-order valence-corrected chi connectivity index (χ0v) is 10.2. The summed E-state index contributed by atoms with van der Waals surface area (Å²) in [6.45, 7) is 3.88. The highest BCUT2D eigenvalue weighted by molar-refractivity contribution is 7.12. The Hall–Kier alpha value is -0.600. The summed E-state index contributed by atoms with van der Waals surface area (Å²) >= 11 is 1.97. The van der Waals surface area contributed by atoms with Gasteiger partial charge in [0, 0.05) is 9.75 Å². The molecule has 1 atom stereocenters. The summed E-state index contributed by atoms with van der Waals surface area (Å²) in [5, 5.41) is 3.29. The molecule has 1 heterocycles. The maximum atomic E-state index is 3.88. The van der Waals surface area contributed by atoms with Gasteiger partial charge >= 0.3 is 0 Å². The minimum Gasteiger partial charge on any atom is -0.309 e. The fourth-order valence-electron chi connectivity index (χ4n) is 2.22. The van der Waals surface area contributed by atoms with Gasteiger partial charge in [-0.25, -0.2) is 0 Å². The van der Waals surface area contributed by atoms with Gasteiger partial charge in [-0.05, 0) is 44.4 Å². The van der Waals surface area contributed by atoms with Crippen LogP contribution in [0.1, 0.15) is 40.6 Å². The molecule has 1 aromatic rings. The zero-order valence-electron chi connectivity index (χ0n) is 9.38. The molecule has 0 bridgehead atoms. The van der Waals surface area contributed by atoms with E-state index in [1.54, 1.807) is 10.4 Å². The molecule has 1 nitrogen and oxygen atoms in total. The van der Waals surface area contributed by atoms with Crippen molar-refractivity contribution in [3.63, 3.8) is 0 Å². The molecule has 0 saturated carbocycles. The lowest BCUT2D eigenvalue weighted by Crippen LogP contribution is -2.11. The van der Waals surface area contributed by atoms with E-state index in [1.807, 2.05) is 24.5 Å². The van der Waals surface area contributed by atoms with E-state index < -0.39 is 0 Å². The summed E-state index contributed by atoms with van der Waals surface area (Å²) in [4.78, 5) is 3.05. The van der Waals surface area contributed by atoms with Crippen molar-refractivity contribution in [2.24, 2.45) is 0 Å². The SMILES string of the molecule is C=CC(NC)c1cc2c(s1)CCCCC2. The number of hydrogen-bond donors (Lipinski definition) is 1. The Balaban J connectivity index is 2.24. The quantitative estimate of drug-likeness (QED) is 0.609. The molecule has 0 saturated heterocycles. The van der Waals surface area contributed by atoms with Crippen LogP contribution in [0.3, 0.4) is 0 Å². The first-order valence-corrected chi connectivity index (χ1v) is 6.58. The van der Waals surface area contributed by atoms with Crippen LogP contribution in [-0.2, 0) is 12.8 Å². The first kappa shape index (κ1) is 10.9. The highest BCUT2D eigenvalue weighted by Crippen LogP contribution is 2.32. The fraction of sp³-hybridized carbons (Fsp3) is 0.538. The van der Waals surface area contributed by atoms with Crippen LogP contribution in [0.15, 0.2) is 18.7 Å². The third-order valence-electron chi connectivity index (χ3n) is 3.12. The Kier molecular flexibility index (Phi) is 3.60. The molecular weight excluding hydrogens is 202 g/mol. The summed E-state index contributed by atoms with van der Waals surface area (Å²) in [7, 11) is 2.00. The third kappa shape index (κ3) is 2.32. The number of rotatable bonds is 3. The van der Waals surface area contributed by atoms with Crippen molar-refractivity contribution in [3.8, 4) is 0 Å². The Labute approximate surface area is 96.2 Å². The molecule has 0 aromatic carbocycles. The number of fused-ring (bicyclic) bond motifs is 1. The number of nitrogens with one attached hydrogen (secondary N) is 1. The molecule has 1 aliphatic carbocycles. The van der Waals surface area contributed by atoms with E-state index in [9.17, 15) is 0 Å². The van der Waals surface area contributed by atoms with Gasteiger partial charge < -0.3 is 5.32 Å². The molecule has 1 aliphatic rings. The van der Waals surface area contributed by atoms with Crippen LogP contribution in [0, 0.1) is 0 Å². The van der Waals surface area contributed by atoms with Gasteiger partial charge in [0.1, 0.15) is 0 Å². The molecule has 1 N–H and O–H groups in total. The zero-order chi connectivity index (χ0) is 10.7. The molecule has 0 fully saturated rings. The second-order valence-corrected chi connectivity index (χ2v) is 5.33. The standard InChI is InChI=1S/C13H19NS/c1-3-11(14-2)13-9-10-7-5-4-6-8-12(10)15-13/h3,9,11,14H,1,4-8H2,2H3. The smallest absolute Gasteiger partial charge is 0.0595 e. The third-order valence-corrected chi connectivity index (χ3v) is 4.44. The molecule has 15 heavy (non-hydrogen) atoms. The topological polar surface area (TPSA) is 12.0 Å². The van der Waals surface area contributed by atoms with Crippen molar-refractivity contribution >= 4 is 11.3 Å². The van der Waals surface area contributed by atoms with Gasteiger partial charge in [-0.15, -0.1) is 17.9 Å². The molecule has 0 amide bonds. The normalized spacial score (nSPS) is 17.9. The highest BCUT2D eigenvalue weighted by atomic mass is 32.1. The van der Waals surface area contributed by atoms with Crippen LogP contribution >= 0.6 is 11.3 Å². The molecule has 0 spiro atoms. The molecule has 82 valence electrons. The molecular formula is C13H19NS. The van der Waals surface area contributed by atoms with Gasteiger partial charge in [0.2, 0.25) is 0 Å². The largest absolute Gasteiger partial charge is 0.309 e. The minimum atomic E-state index is 0.335. The van der Waals surface area contributed by atoms with E-state index in [1.165, 1.54) is 37.0 Å². The number of aryl methyl sites for hydroxylation is 2. The van der Waals surface area contributed by atoms with Crippen LogP contribution in [0.2, 0.25) is 0 Å². The summed E-state index contributed by atoms with van der Waals surface area (Å²) in [6, 6.07) is 2.72. The number of hydrogen-bond acceptors (Lipinski definition) is 2. The average molecular weight is 221 g/mol. The molecule has 0 aliphatic heterocycles. The van der Waals surface area contributed by atoms with Crippen LogP contribution < -0.4 is 5.32 Å². The Bertz CT molecular complexity index is 317. The molecule has 2 rings (SSSR count). The lowest BCUT2D eigenvalue weighted by Gasteiger charge is -2.07. The van der Waals surface area contributed by atoms with Gasteiger partial charge in [0.05, 0.1) is 6.04 Å². The van der Waals surface area contributed by atoms with E-state index in [4.69, 9.17) is 0 Å². The second-order valence-electron chi connectivity index (χ2n) is 4.16.